The molecule has 14 rings (SSSR count). The van der Waals surface area contributed by atoms with Crippen molar-refractivity contribution in [2.24, 2.45) is 94.7 Å². The topological polar surface area (TPSA) is 55.4 Å². The van der Waals surface area contributed by atoms with Crippen LogP contribution in [0.4, 0.5) is 61.5 Å². The zero-order valence-electron chi connectivity index (χ0n) is 75.1. The molecule has 0 atom stereocenters. The van der Waals surface area contributed by atoms with E-state index in [0.29, 0.717) is 121 Å². The molecule has 0 aromatic heterocycles. The largest absolute Gasteiger partial charge is 0.490 e. The molecular formula is C102H152Cl2F14O6. The fourth-order valence-corrected chi connectivity index (χ4v) is 19.4. The van der Waals surface area contributed by atoms with Gasteiger partial charge < -0.3 is 28.4 Å². The van der Waals surface area contributed by atoms with E-state index < -0.39 is 88.0 Å². The molecule has 6 nitrogen and oxygen atoms in total. The molecule has 6 aromatic rings. The quantitative estimate of drug-likeness (QED) is 0.0710. The number of rotatable bonds is 20. The molecule has 8 aliphatic rings. The summed E-state index contributed by atoms with van der Waals surface area (Å²) in [5, 5.41) is -0.551. The SMILES string of the molecule is Cc1ccc(OC(F)(F)C2CCC(C)CC2)c(Cl)c1F.Cc1ccc(OC(F)(F)C2CCC(C)CC2)c(F)c1Cl.Cc1ccc(OCC2CCC(C)CC2)c(F)c1F.Cc1ccc(OCC2CCC(C)CC2)c(F)c1F.Cc1ccc(OCC2CCC(C3CCC(C)CC3)CC2)c(F)c1F.Cc1ccc(OCC2CCC(C3CCC(C)CC3)CC2)c(F)c1F.[HH].[HH].[HH].[HH].[HH].[HH].[HH].[HH]. The van der Waals surface area contributed by atoms with E-state index in [4.69, 9.17) is 46.9 Å². The Hall–Kier alpha value is -6.28. The molecule has 0 aliphatic heterocycles. The van der Waals surface area contributed by atoms with Crippen LogP contribution in [0.15, 0.2) is 72.8 Å². The van der Waals surface area contributed by atoms with Crippen LogP contribution in [0.5, 0.6) is 34.5 Å². The normalized spacial score (nSPS) is 26.6. The minimum Gasteiger partial charge on any atom is -0.490 e. The molecular weight excluding hydrogens is 1660 g/mol. The second-order valence-corrected chi connectivity index (χ2v) is 39.1. The average Bonchev–Trinajstić information content (AvgIpc) is 0.806. The van der Waals surface area contributed by atoms with Gasteiger partial charge in [-0.05, 0) is 323 Å². The summed E-state index contributed by atoms with van der Waals surface area (Å²) < 4.78 is 224. The molecule has 124 heavy (non-hydrogen) atoms. The van der Waals surface area contributed by atoms with Crippen LogP contribution >= 0.6 is 23.2 Å². The maximum Gasteiger partial charge on any atom is 0.400 e. The highest BCUT2D eigenvalue weighted by Gasteiger charge is 2.46. The van der Waals surface area contributed by atoms with E-state index in [1.54, 1.807) is 71.0 Å². The number of ether oxygens (including phenoxy) is 6. The molecule has 0 unspecified atom stereocenters. The summed E-state index contributed by atoms with van der Waals surface area (Å²) in [5.74, 6) is -0.660. The lowest BCUT2D eigenvalue weighted by Gasteiger charge is -2.37. The number of halogens is 16. The lowest BCUT2D eigenvalue weighted by molar-refractivity contribution is -0.224. The Morgan fingerprint density at radius 3 is 0.718 bits per heavy atom. The van der Waals surface area contributed by atoms with Crippen molar-refractivity contribution in [2.45, 2.75) is 301 Å². The van der Waals surface area contributed by atoms with Crippen molar-refractivity contribution in [1.29, 1.82) is 0 Å². The van der Waals surface area contributed by atoms with Crippen molar-refractivity contribution in [3.05, 3.63) is 174 Å². The number of benzene rings is 6. The third kappa shape index (κ3) is 29.9. The summed E-state index contributed by atoms with van der Waals surface area (Å²) in [6.45, 7) is 24.7. The number of alkyl halides is 4. The zero-order chi connectivity index (χ0) is 90.3. The van der Waals surface area contributed by atoms with Gasteiger partial charge in [0, 0.05) is 11.4 Å². The zero-order valence-corrected chi connectivity index (χ0v) is 76.6. The van der Waals surface area contributed by atoms with Gasteiger partial charge in [-0.15, -0.1) is 0 Å². The van der Waals surface area contributed by atoms with Crippen molar-refractivity contribution < 1.29 is 101 Å². The van der Waals surface area contributed by atoms with Gasteiger partial charge in [0.2, 0.25) is 23.3 Å². The van der Waals surface area contributed by atoms with Gasteiger partial charge in [-0.1, -0.05) is 178 Å². The second kappa shape index (κ2) is 48.4. The predicted octanol–water partition coefficient (Wildman–Crippen LogP) is 34.7. The van der Waals surface area contributed by atoms with Crippen LogP contribution in [0.1, 0.15) is 292 Å². The van der Waals surface area contributed by atoms with Crippen LogP contribution < -0.4 is 28.4 Å². The monoisotopic (exact) mass is 1810 g/mol. The molecule has 6 aromatic carbocycles. The minimum absolute atomic E-state index is 0. The van der Waals surface area contributed by atoms with E-state index in [9.17, 15) is 61.5 Å². The molecule has 8 fully saturated rings. The Balaban J connectivity index is 0.000000785. The maximum absolute atomic E-state index is 14.1. The van der Waals surface area contributed by atoms with Crippen LogP contribution in [0.3, 0.4) is 0 Å². The van der Waals surface area contributed by atoms with Gasteiger partial charge in [0.25, 0.3) is 0 Å². The van der Waals surface area contributed by atoms with Gasteiger partial charge in [-0.2, -0.15) is 35.1 Å². The molecule has 0 bridgehead atoms. The third-order valence-corrected chi connectivity index (χ3v) is 29.1. The van der Waals surface area contributed by atoms with Crippen LogP contribution in [0, 0.1) is 194 Å². The van der Waals surface area contributed by atoms with E-state index >= 15 is 0 Å². The lowest BCUT2D eigenvalue weighted by Crippen LogP contribution is -2.37. The van der Waals surface area contributed by atoms with Crippen molar-refractivity contribution in [3.8, 4) is 34.5 Å². The van der Waals surface area contributed by atoms with E-state index in [1.807, 2.05) is 0 Å². The molecule has 0 amide bonds. The molecule has 0 saturated heterocycles. The standard InChI is InChI=1S/2C21H30F2O.2C15H18ClF3O.2C15H20F2O.8H2/c2*1-14-3-8-17(9-4-14)18-10-6-16(7-11-18)13-24-19-12-5-15(2)20(22)21(19)23;1-9-3-6-11(7-4-9)15(18,19)20-12-8-5-10(2)14(17)13(12)16;1-9-3-6-11(7-4-9)15(18,19)20-12-8-5-10(2)13(16)14(12)17;2*1-10-3-6-12(7-4-10)9-18-13-8-5-11(2)14(16)15(13)17;;;;;;;;/h2*5,12,14,16-18H,3-4,6-11,13H2,1-2H3;2*5,8-9,11H,3-4,6-7H2,1-2H3;2*5,8,10,12H,3-4,6-7,9H2,1-2H3;8*1H. The Bertz CT molecular complexity index is 4030. The highest BCUT2D eigenvalue weighted by Crippen LogP contribution is 2.47. The first-order chi connectivity index (χ1) is 58.9. The van der Waals surface area contributed by atoms with Gasteiger partial charge in [0.15, 0.2) is 57.8 Å². The maximum atomic E-state index is 14.1. The van der Waals surface area contributed by atoms with E-state index in [-0.39, 0.29) is 50.2 Å². The molecule has 0 heterocycles. The summed E-state index contributed by atoms with van der Waals surface area (Å²) in [4.78, 5) is 0. The fourth-order valence-electron chi connectivity index (χ4n) is 19.0. The van der Waals surface area contributed by atoms with Crippen LogP contribution in [-0.2, 0) is 0 Å². The van der Waals surface area contributed by atoms with Crippen molar-refractivity contribution in [2.75, 3.05) is 26.4 Å². The number of hydrogen-bond acceptors (Lipinski definition) is 6. The molecule has 708 valence electrons. The summed E-state index contributed by atoms with van der Waals surface area (Å²) in [7, 11) is 0. The molecule has 0 radical (unpaired) electrons. The Kier molecular flexibility index (Phi) is 39.6. The van der Waals surface area contributed by atoms with Gasteiger partial charge >= 0.3 is 12.2 Å². The molecule has 22 heteroatoms. The van der Waals surface area contributed by atoms with Gasteiger partial charge in [-0.3, -0.25) is 0 Å². The molecule has 8 aliphatic carbocycles. The van der Waals surface area contributed by atoms with Crippen molar-refractivity contribution in [3.63, 3.8) is 0 Å². The first-order valence-electron chi connectivity index (χ1n) is 46.2. The van der Waals surface area contributed by atoms with Crippen molar-refractivity contribution in [1.82, 2.24) is 0 Å². The van der Waals surface area contributed by atoms with Gasteiger partial charge in [-0.25, -0.2) is 26.3 Å². The van der Waals surface area contributed by atoms with E-state index in [2.05, 4.69) is 46.3 Å². The third-order valence-electron chi connectivity index (χ3n) is 28.3. The van der Waals surface area contributed by atoms with E-state index in [1.165, 1.54) is 146 Å². The molecule has 0 N–H and O–H groups in total. The summed E-state index contributed by atoms with van der Waals surface area (Å²) >= 11 is 11.4. The average molecular weight is 1810 g/mol. The fraction of sp³-hybridized carbons (Fsp3) is 0.647. The van der Waals surface area contributed by atoms with Crippen LogP contribution in [0.2, 0.25) is 10.0 Å². The summed E-state index contributed by atoms with van der Waals surface area (Å²) in [5.41, 5.74) is 2.06. The predicted molar refractivity (Wildman–Crippen MR) is 484 cm³/mol. The first-order valence-corrected chi connectivity index (χ1v) is 46.9. The highest BCUT2D eigenvalue weighted by atomic mass is 35.5. The van der Waals surface area contributed by atoms with E-state index in [0.717, 1.165) is 124 Å². The van der Waals surface area contributed by atoms with Crippen molar-refractivity contribution >= 4 is 23.2 Å². The number of hydrogen-bond donors (Lipinski definition) is 0. The molecule has 8 saturated carbocycles. The smallest absolute Gasteiger partial charge is 0.400 e. The Morgan fingerprint density at radius 1 is 0.242 bits per heavy atom. The Labute approximate surface area is 751 Å². The van der Waals surface area contributed by atoms with Gasteiger partial charge in [0.05, 0.1) is 43.3 Å². The first kappa shape index (κ1) is 101. The minimum atomic E-state index is -3.36. The summed E-state index contributed by atoms with van der Waals surface area (Å²) in [6.07, 6.45) is 28.2. The summed E-state index contributed by atoms with van der Waals surface area (Å²) in [6, 6.07) is 17.7. The molecule has 0 spiro atoms. The van der Waals surface area contributed by atoms with Crippen LogP contribution in [-0.4, -0.2) is 38.6 Å². The number of aryl methyl sites for hydroxylation is 6. The second-order valence-electron chi connectivity index (χ2n) is 38.4. The lowest BCUT2D eigenvalue weighted by atomic mass is 9.69. The van der Waals surface area contributed by atoms with Gasteiger partial charge in [0.1, 0.15) is 16.6 Å². The highest BCUT2D eigenvalue weighted by molar-refractivity contribution is 6.32. The van der Waals surface area contributed by atoms with Crippen LogP contribution in [0.25, 0.3) is 0 Å². The Morgan fingerprint density at radius 2 is 0.444 bits per heavy atom.